The van der Waals surface area contributed by atoms with Gasteiger partial charge in [0, 0.05) is 5.39 Å². The molecule has 0 saturated carbocycles. The van der Waals surface area contributed by atoms with Gasteiger partial charge >= 0.3 is 5.97 Å². The molecule has 122 valence electrons. The van der Waals surface area contributed by atoms with Gasteiger partial charge in [0.25, 0.3) is 5.91 Å². The molecule has 3 aromatic rings. The number of furan rings is 1. The summed E-state index contributed by atoms with van der Waals surface area (Å²) in [5.41, 5.74) is 1.32. The predicted octanol–water partition coefficient (Wildman–Crippen LogP) is 3.68. The Morgan fingerprint density at radius 1 is 1.17 bits per heavy atom. The molecule has 0 unspecified atom stereocenters. The van der Waals surface area contributed by atoms with Gasteiger partial charge in [-0.25, -0.2) is 9.18 Å². The summed E-state index contributed by atoms with van der Waals surface area (Å²) in [6, 6.07) is 13.1. The molecule has 0 bridgehead atoms. The van der Waals surface area contributed by atoms with Crippen LogP contribution in [0.5, 0.6) is 0 Å². The van der Waals surface area contributed by atoms with E-state index < -0.39 is 24.3 Å². The lowest BCUT2D eigenvalue weighted by Gasteiger charge is -2.07. The molecule has 3 rings (SSSR count). The lowest BCUT2D eigenvalue weighted by atomic mass is 10.2. The van der Waals surface area contributed by atoms with E-state index in [1.54, 1.807) is 31.2 Å². The van der Waals surface area contributed by atoms with Crippen LogP contribution in [0.1, 0.15) is 16.1 Å². The summed E-state index contributed by atoms with van der Waals surface area (Å²) in [6.45, 7) is 1.20. The Bertz CT molecular complexity index is 883. The third-order valence-corrected chi connectivity index (χ3v) is 3.36. The fourth-order valence-electron chi connectivity index (χ4n) is 2.19. The molecular formula is C18H14FNO4. The van der Waals surface area contributed by atoms with Gasteiger partial charge in [-0.3, -0.25) is 4.79 Å². The minimum atomic E-state index is -0.759. The number of halogens is 1. The van der Waals surface area contributed by atoms with Crippen LogP contribution in [0.4, 0.5) is 10.1 Å². The highest BCUT2D eigenvalue weighted by Gasteiger charge is 2.16. The molecule has 0 spiro atoms. The van der Waals surface area contributed by atoms with E-state index in [0.29, 0.717) is 5.58 Å². The molecule has 0 aliphatic carbocycles. The van der Waals surface area contributed by atoms with Crippen LogP contribution in [-0.4, -0.2) is 18.5 Å². The number of hydrogen-bond acceptors (Lipinski definition) is 4. The second-order valence-electron chi connectivity index (χ2n) is 5.26. The number of carbonyl (C=O) groups excluding carboxylic acids is 2. The Hall–Kier alpha value is -3.15. The lowest BCUT2D eigenvalue weighted by molar-refractivity contribution is -0.119. The molecule has 1 N–H and O–H groups in total. The molecule has 1 heterocycles. The molecule has 0 fully saturated rings. The molecule has 5 nitrogen and oxygen atoms in total. The Labute approximate surface area is 137 Å². The number of ether oxygens (including phenoxy) is 1. The number of carbonyl (C=O) groups is 2. The van der Waals surface area contributed by atoms with Crippen molar-refractivity contribution in [2.24, 2.45) is 0 Å². The molecule has 24 heavy (non-hydrogen) atoms. The number of nitrogens with one attached hydrogen (secondary N) is 1. The van der Waals surface area contributed by atoms with E-state index in [4.69, 9.17) is 9.15 Å². The van der Waals surface area contributed by atoms with Crippen LogP contribution in [0.15, 0.2) is 52.9 Å². The number of benzene rings is 2. The molecule has 0 atom stereocenters. The van der Waals surface area contributed by atoms with Crippen molar-refractivity contribution >= 4 is 28.5 Å². The van der Waals surface area contributed by atoms with Crippen molar-refractivity contribution in [1.82, 2.24) is 0 Å². The third-order valence-electron chi connectivity index (χ3n) is 3.36. The Kier molecular flexibility index (Phi) is 4.29. The first-order valence-corrected chi connectivity index (χ1v) is 7.24. The molecule has 2 aromatic carbocycles. The monoisotopic (exact) mass is 327 g/mol. The number of fused-ring (bicyclic) bond motifs is 1. The van der Waals surface area contributed by atoms with E-state index in [1.165, 1.54) is 18.2 Å². The smallest absolute Gasteiger partial charge is 0.374 e. The van der Waals surface area contributed by atoms with Crippen LogP contribution < -0.4 is 5.32 Å². The third kappa shape index (κ3) is 3.43. The highest BCUT2D eigenvalue weighted by atomic mass is 19.1. The maximum Gasteiger partial charge on any atom is 0.374 e. The zero-order valence-electron chi connectivity index (χ0n) is 12.8. The first-order chi connectivity index (χ1) is 11.5. The molecule has 0 radical (unpaired) electrons. The normalized spacial score (nSPS) is 10.6. The van der Waals surface area contributed by atoms with Crippen LogP contribution in [0, 0.1) is 12.7 Å². The summed E-state index contributed by atoms with van der Waals surface area (Å²) >= 11 is 0. The van der Waals surface area contributed by atoms with Crippen molar-refractivity contribution in [2.75, 3.05) is 11.9 Å². The summed E-state index contributed by atoms with van der Waals surface area (Å²) in [5.74, 6) is -1.94. The summed E-state index contributed by atoms with van der Waals surface area (Å²) in [5, 5.41) is 3.11. The van der Waals surface area contributed by atoms with Gasteiger partial charge in [0.1, 0.15) is 11.4 Å². The number of rotatable bonds is 4. The van der Waals surface area contributed by atoms with E-state index in [-0.39, 0.29) is 11.4 Å². The largest absolute Gasteiger partial charge is 0.450 e. The van der Waals surface area contributed by atoms with Gasteiger partial charge in [-0.1, -0.05) is 24.3 Å². The van der Waals surface area contributed by atoms with Gasteiger partial charge < -0.3 is 14.5 Å². The van der Waals surface area contributed by atoms with Crippen LogP contribution >= 0.6 is 0 Å². The number of aryl methyl sites for hydroxylation is 1. The van der Waals surface area contributed by atoms with E-state index in [0.717, 1.165) is 10.9 Å². The minimum Gasteiger partial charge on any atom is -0.450 e. The van der Waals surface area contributed by atoms with Crippen molar-refractivity contribution in [1.29, 1.82) is 0 Å². The number of hydrogen-bond donors (Lipinski definition) is 1. The van der Waals surface area contributed by atoms with Crippen LogP contribution in [0.2, 0.25) is 0 Å². The zero-order chi connectivity index (χ0) is 17.1. The fraction of sp³-hybridized carbons (Fsp3) is 0.111. The van der Waals surface area contributed by atoms with Gasteiger partial charge in [0.15, 0.2) is 6.61 Å². The number of amides is 1. The summed E-state index contributed by atoms with van der Waals surface area (Å²) in [4.78, 5) is 23.7. The minimum absolute atomic E-state index is 0.00511. The average Bonchev–Trinajstić information content (AvgIpc) is 2.99. The lowest BCUT2D eigenvalue weighted by Crippen LogP contribution is -2.21. The van der Waals surface area contributed by atoms with Crippen molar-refractivity contribution in [2.45, 2.75) is 6.92 Å². The first kappa shape index (κ1) is 15.7. The van der Waals surface area contributed by atoms with E-state index >= 15 is 0 Å². The highest BCUT2D eigenvalue weighted by Crippen LogP contribution is 2.19. The number of esters is 1. The molecule has 1 amide bonds. The van der Waals surface area contributed by atoms with Crippen molar-refractivity contribution in [3.05, 3.63) is 65.7 Å². The van der Waals surface area contributed by atoms with Crippen LogP contribution in [0.25, 0.3) is 11.0 Å². The average molecular weight is 327 g/mol. The zero-order valence-corrected chi connectivity index (χ0v) is 12.8. The fourth-order valence-corrected chi connectivity index (χ4v) is 2.19. The van der Waals surface area contributed by atoms with Crippen molar-refractivity contribution in [3.63, 3.8) is 0 Å². The number of anilines is 1. The molecular weight excluding hydrogens is 313 g/mol. The summed E-state index contributed by atoms with van der Waals surface area (Å²) in [6.07, 6.45) is 0. The molecule has 0 saturated heterocycles. The van der Waals surface area contributed by atoms with Gasteiger partial charge in [0.05, 0.1) is 5.69 Å². The maximum atomic E-state index is 13.7. The standard InChI is InChI=1S/C18H14FNO4/c1-11-6-7-14(13(19)8-11)20-17(21)10-23-18(22)16-9-12-4-2-3-5-15(12)24-16/h2-9H,10H2,1H3,(H,20,21). The van der Waals surface area contributed by atoms with Gasteiger partial charge in [-0.05, 0) is 36.8 Å². The summed E-state index contributed by atoms with van der Waals surface area (Å²) < 4.78 is 23.9. The van der Waals surface area contributed by atoms with Crippen molar-refractivity contribution in [3.8, 4) is 0 Å². The Morgan fingerprint density at radius 3 is 2.71 bits per heavy atom. The van der Waals surface area contributed by atoms with Crippen molar-refractivity contribution < 1.29 is 23.1 Å². The topological polar surface area (TPSA) is 68.5 Å². The van der Waals surface area contributed by atoms with Gasteiger partial charge in [-0.2, -0.15) is 0 Å². The SMILES string of the molecule is Cc1ccc(NC(=O)COC(=O)c2cc3ccccc3o2)c(F)c1. The molecule has 1 aromatic heterocycles. The van der Waals surface area contributed by atoms with E-state index in [9.17, 15) is 14.0 Å². The quantitative estimate of drug-likeness (QED) is 0.742. The molecule has 6 heteroatoms. The van der Waals surface area contributed by atoms with E-state index in [1.807, 2.05) is 6.07 Å². The van der Waals surface area contributed by atoms with E-state index in [2.05, 4.69) is 5.32 Å². The Morgan fingerprint density at radius 2 is 1.96 bits per heavy atom. The first-order valence-electron chi connectivity index (χ1n) is 7.24. The maximum absolute atomic E-state index is 13.7. The Balaban J connectivity index is 1.60. The van der Waals surface area contributed by atoms with Crippen LogP contribution in [-0.2, 0) is 9.53 Å². The van der Waals surface area contributed by atoms with Gasteiger partial charge in [0.2, 0.25) is 5.76 Å². The predicted molar refractivity (Wildman–Crippen MR) is 86.3 cm³/mol. The molecule has 0 aliphatic rings. The molecule has 0 aliphatic heterocycles. The van der Waals surface area contributed by atoms with Gasteiger partial charge in [-0.15, -0.1) is 0 Å². The number of para-hydroxylation sites is 1. The van der Waals surface area contributed by atoms with Crippen LogP contribution in [0.3, 0.4) is 0 Å². The highest BCUT2D eigenvalue weighted by molar-refractivity contribution is 5.96. The summed E-state index contributed by atoms with van der Waals surface area (Å²) in [7, 11) is 0. The second-order valence-corrected chi connectivity index (χ2v) is 5.26. The second kappa shape index (κ2) is 6.54.